The molecule has 0 spiro atoms. The summed E-state index contributed by atoms with van der Waals surface area (Å²) in [6.45, 7) is 5.51. The molecular formula is C34H43N2O4S-. The molecular weight excluding hydrogens is 532 g/mol. The molecule has 0 N–H and O–H groups in total. The van der Waals surface area contributed by atoms with Gasteiger partial charge in [0.2, 0.25) is 5.91 Å². The summed E-state index contributed by atoms with van der Waals surface area (Å²) < 4.78 is 32.7. The predicted molar refractivity (Wildman–Crippen MR) is 169 cm³/mol. The molecule has 1 heterocycles. The van der Waals surface area contributed by atoms with Crippen LogP contribution in [0.25, 0.3) is 22.9 Å². The molecule has 0 aromatic heterocycles. The summed E-state index contributed by atoms with van der Waals surface area (Å²) in [5, 5.41) is 2.31. The van der Waals surface area contributed by atoms with Crippen LogP contribution in [0, 0.1) is 0 Å². The highest BCUT2D eigenvalue weighted by Gasteiger charge is 2.20. The zero-order valence-corrected chi connectivity index (χ0v) is 25.1. The van der Waals surface area contributed by atoms with E-state index in [1.165, 1.54) is 30.5 Å². The number of hydrogen-bond donors (Lipinski definition) is 0. The number of nitrogens with zero attached hydrogens (tertiary/aromatic N) is 2. The molecule has 1 fully saturated rings. The second-order valence-electron chi connectivity index (χ2n) is 11.0. The third kappa shape index (κ3) is 9.44. The Morgan fingerprint density at radius 2 is 1.51 bits per heavy atom. The van der Waals surface area contributed by atoms with Crippen LogP contribution in [-0.4, -0.2) is 55.7 Å². The van der Waals surface area contributed by atoms with Gasteiger partial charge in [0.1, 0.15) is 0 Å². The van der Waals surface area contributed by atoms with Crippen LogP contribution in [0.2, 0.25) is 0 Å². The summed E-state index contributed by atoms with van der Waals surface area (Å²) in [4.78, 5) is 17.0. The van der Waals surface area contributed by atoms with E-state index in [1.54, 1.807) is 0 Å². The van der Waals surface area contributed by atoms with Crippen LogP contribution in [0.1, 0.15) is 75.0 Å². The highest BCUT2D eigenvalue weighted by molar-refractivity contribution is 7.85. The van der Waals surface area contributed by atoms with E-state index < -0.39 is 10.1 Å². The minimum Gasteiger partial charge on any atom is -0.748 e. The van der Waals surface area contributed by atoms with E-state index in [0.717, 1.165) is 67.3 Å². The van der Waals surface area contributed by atoms with Crippen LogP contribution < -0.4 is 4.90 Å². The molecule has 6 nitrogen and oxygen atoms in total. The highest BCUT2D eigenvalue weighted by Crippen LogP contribution is 2.26. The van der Waals surface area contributed by atoms with E-state index in [1.807, 2.05) is 17.0 Å². The molecule has 0 saturated carbocycles. The number of hydrogen-bond acceptors (Lipinski definition) is 5. The molecule has 1 saturated heterocycles. The normalized spacial score (nSPS) is 14.3. The minimum atomic E-state index is -4.16. The van der Waals surface area contributed by atoms with Crippen molar-refractivity contribution in [3.8, 4) is 0 Å². The van der Waals surface area contributed by atoms with Crippen molar-refractivity contribution in [2.75, 3.05) is 36.8 Å². The molecule has 0 unspecified atom stereocenters. The lowest BCUT2D eigenvalue weighted by Crippen LogP contribution is -2.48. The topological polar surface area (TPSA) is 80.8 Å². The zero-order valence-electron chi connectivity index (χ0n) is 24.3. The Morgan fingerprint density at radius 3 is 2.22 bits per heavy atom. The number of anilines is 1. The van der Waals surface area contributed by atoms with Crippen molar-refractivity contribution in [3.05, 3.63) is 77.4 Å². The van der Waals surface area contributed by atoms with Gasteiger partial charge in [0.15, 0.2) is 0 Å². The summed E-state index contributed by atoms with van der Waals surface area (Å²) in [5.74, 6) is -0.00320. The fourth-order valence-corrected chi connectivity index (χ4v) is 6.13. The largest absolute Gasteiger partial charge is 0.748 e. The lowest BCUT2D eigenvalue weighted by Gasteiger charge is -2.36. The van der Waals surface area contributed by atoms with Crippen LogP contribution in [-0.2, 0) is 21.3 Å². The highest BCUT2D eigenvalue weighted by atomic mass is 32.2. The summed E-state index contributed by atoms with van der Waals surface area (Å²) in [6.07, 6.45) is 12.6. The zero-order chi connectivity index (χ0) is 29.1. The van der Waals surface area contributed by atoms with Crippen molar-refractivity contribution in [1.82, 2.24) is 4.90 Å². The number of carbonyl (C=O) groups excluding carboxylic acids is 1. The van der Waals surface area contributed by atoms with Crippen molar-refractivity contribution < 1.29 is 17.8 Å². The molecule has 0 atom stereocenters. The maximum atomic E-state index is 12.6. The van der Waals surface area contributed by atoms with Crippen LogP contribution >= 0.6 is 0 Å². The molecule has 1 aliphatic heterocycles. The van der Waals surface area contributed by atoms with Gasteiger partial charge in [-0.25, -0.2) is 8.42 Å². The number of aryl methyl sites for hydroxylation is 1. The average Bonchev–Trinajstić information content (AvgIpc) is 2.98. The summed E-state index contributed by atoms with van der Waals surface area (Å²) >= 11 is 0. The van der Waals surface area contributed by atoms with Gasteiger partial charge in [-0.3, -0.25) is 4.79 Å². The average molecular weight is 576 g/mol. The number of amides is 1. The summed E-state index contributed by atoms with van der Waals surface area (Å²) in [7, 11) is -4.16. The van der Waals surface area contributed by atoms with E-state index in [-0.39, 0.29) is 5.75 Å². The van der Waals surface area contributed by atoms with Crippen molar-refractivity contribution in [3.63, 3.8) is 0 Å². The van der Waals surface area contributed by atoms with Crippen molar-refractivity contribution in [1.29, 1.82) is 0 Å². The van der Waals surface area contributed by atoms with Crippen molar-refractivity contribution in [2.45, 2.75) is 64.7 Å². The van der Waals surface area contributed by atoms with E-state index in [4.69, 9.17) is 0 Å². The van der Waals surface area contributed by atoms with Gasteiger partial charge < -0.3 is 14.4 Å². The van der Waals surface area contributed by atoms with Gasteiger partial charge in [-0.15, -0.1) is 0 Å². The molecule has 4 rings (SSSR count). The smallest absolute Gasteiger partial charge is 0.222 e. The molecule has 0 aliphatic carbocycles. The fourth-order valence-electron chi connectivity index (χ4n) is 5.58. The fraction of sp³-hybridized carbons (Fsp3) is 0.441. The first-order valence-electron chi connectivity index (χ1n) is 15.1. The first-order chi connectivity index (χ1) is 19.8. The maximum absolute atomic E-state index is 12.6. The third-order valence-electron chi connectivity index (χ3n) is 7.98. The van der Waals surface area contributed by atoms with Gasteiger partial charge in [-0.2, -0.15) is 0 Å². The number of carbonyl (C=O) groups is 1. The van der Waals surface area contributed by atoms with Gasteiger partial charge in [0.25, 0.3) is 0 Å². The van der Waals surface area contributed by atoms with Gasteiger partial charge in [0, 0.05) is 44.0 Å². The van der Waals surface area contributed by atoms with Gasteiger partial charge >= 0.3 is 0 Å². The molecule has 0 radical (unpaired) electrons. The summed E-state index contributed by atoms with van der Waals surface area (Å²) in [6, 6.07) is 21.1. The predicted octanol–water partition coefficient (Wildman–Crippen LogP) is 6.89. The number of benzene rings is 3. The van der Waals surface area contributed by atoms with Crippen LogP contribution in [0.4, 0.5) is 5.69 Å². The van der Waals surface area contributed by atoms with E-state index in [0.29, 0.717) is 25.2 Å². The monoisotopic (exact) mass is 575 g/mol. The second kappa shape index (κ2) is 15.2. The molecule has 7 heteroatoms. The lowest BCUT2D eigenvalue weighted by atomic mass is 9.96. The maximum Gasteiger partial charge on any atom is 0.222 e. The molecule has 1 amide bonds. The standard InChI is InChI=1S/C34H44N2O4S/c1-2-3-4-5-6-14-34(37)36-25-23-35(24-26-36)31-21-16-28(17-22-31)15-18-30-20-19-29(11-9-10-27-41(38,39)40)32-12-7-8-13-33(30)32/h7-8,12-13,15-22H,2-6,9-11,14,23-27H2,1H3,(H,38,39,40)/p-1/b18-15+. The Balaban J connectivity index is 1.31. The Morgan fingerprint density at radius 1 is 0.805 bits per heavy atom. The molecule has 3 aromatic rings. The van der Waals surface area contributed by atoms with Crippen molar-refractivity contribution >= 4 is 44.6 Å². The number of unbranched alkanes of at least 4 members (excludes halogenated alkanes) is 5. The molecule has 41 heavy (non-hydrogen) atoms. The first-order valence-corrected chi connectivity index (χ1v) is 16.7. The Bertz CT molecular complexity index is 1410. The molecule has 3 aromatic carbocycles. The Hall–Kier alpha value is -3.16. The van der Waals surface area contributed by atoms with Crippen LogP contribution in [0.15, 0.2) is 60.7 Å². The quantitative estimate of drug-likeness (QED) is 0.119. The van der Waals surface area contributed by atoms with Gasteiger partial charge in [-0.1, -0.05) is 93.3 Å². The van der Waals surface area contributed by atoms with Crippen molar-refractivity contribution in [2.24, 2.45) is 0 Å². The van der Waals surface area contributed by atoms with E-state index in [9.17, 15) is 17.8 Å². The third-order valence-corrected chi connectivity index (χ3v) is 8.77. The second-order valence-corrected chi connectivity index (χ2v) is 12.6. The number of fused-ring (bicyclic) bond motifs is 1. The molecule has 220 valence electrons. The Kier molecular flexibility index (Phi) is 11.4. The lowest BCUT2D eigenvalue weighted by molar-refractivity contribution is -0.131. The van der Waals surface area contributed by atoms with E-state index >= 15 is 0 Å². The van der Waals surface area contributed by atoms with Gasteiger partial charge in [-0.05, 0) is 65.3 Å². The van der Waals surface area contributed by atoms with Crippen LogP contribution in [0.3, 0.4) is 0 Å². The van der Waals surface area contributed by atoms with Crippen LogP contribution in [0.5, 0.6) is 0 Å². The first kappa shape index (κ1) is 30.8. The number of piperazine rings is 1. The van der Waals surface area contributed by atoms with Gasteiger partial charge in [0.05, 0.1) is 10.1 Å². The molecule has 1 aliphatic rings. The minimum absolute atomic E-state index is 0.303. The number of rotatable bonds is 14. The van der Waals surface area contributed by atoms with E-state index in [2.05, 4.69) is 72.5 Å². The SMILES string of the molecule is CCCCCCCC(=O)N1CCN(c2ccc(/C=C/c3ccc(CCCCS(=O)(=O)[O-])c4ccccc34)cc2)CC1. The molecule has 0 bridgehead atoms. The Labute approximate surface area is 245 Å². The summed E-state index contributed by atoms with van der Waals surface area (Å²) in [5.41, 5.74) is 4.60.